The second-order valence-electron chi connectivity index (χ2n) is 9.30. The molecular weight excluding hydrogens is 454 g/mol. The molecule has 1 atom stereocenters. The Balaban J connectivity index is 1.28. The molecule has 1 fully saturated rings. The highest BCUT2D eigenvalue weighted by atomic mass is 35.5. The predicted octanol–water partition coefficient (Wildman–Crippen LogP) is 4.87. The number of carbonyl (C=O) groups excluding carboxylic acids is 1. The number of fused-ring (bicyclic) bond motifs is 2. The first-order valence-electron chi connectivity index (χ1n) is 11.5. The molecular formula is C26H28ClN3O4. The molecule has 5 rings (SSSR count). The van der Waals surface area contributed by atoms with Gasteiger partial charge in [0, 0.05) is 36.7 Å². The van der Waals surface area contributed by atoms with Crippen molar-refractivity contribution in [2.45, 2.75) is 20.0 Å². The third-order valence-corrected chi connectivity index (χ3v) is 6.69. The minimum absolute atomic E-state index is 0.0127. The first kappa shape index (κ1) is 22.7. The van der Waals surface area contributed by atoms with E-state index in [0.29, 0.717) is 11.8 Å². The van der Waals surface area contributed by atoms with Gasteiger partial charge in [-0.25, -0.2) is 0 Å². The molecule has 1 unspecified atom stereocenters. The van der Waals surface area contributed by atoms with Crippen molar-refractivity contribution in [3.63, 3.8) is 0 Å². The van der Waals surface area contributed by atoms with Crippen molar-refractivity contribution in [3.05, 3.63) is 58.3 Å². The maximum absolute atomic E-state index is 11.6. The molecule has 8 heteroatoms. The largest absolute Gasteiger partial charge is 0.488 e. The Hall–Kier alpha value is -3.03. The Labute approximate surface area is 203 Å². The maximum Gasteiger partial charge on any atom is 0.311 e. The van der Waals surface area contributed by atoms with Crippen LogP contribution < -0.4 is 9.47 Å². The molecule has 7 nitrogen and oxygen atoms in total. The molecule has 0 aliphatic carbocycles. The van der Waals surface area contributed by atoms with Crippen LogP contribution in [0.5, 0.6) is 11.5 Å². The second kappa shape index (κ2) is 9.31. The van der Waals surface area contributed by atoms with Crippen molar-refractivity contribution >= 4 is 34.5 Å². The summed E-state index contributed by atoms with van der Waals surface area (Å²) in [5.41, 5.74) is 4.10. The number of hydrogen-bond acceptors (Lipinski definition) is 6. The molecule has 3 aromatic rings. The van der Waals surface area contributed by atoms with Crippen LogP contribution in [0, 0.1) is 11.8 Å². The summed E-state index contributed by atoms with van der Waals surface area (Å²) in [5, 5.41) is 8.44. The van der Waals surface area contributed by atoms with Crippen LogP contribution in [0.4, 0.5) is 0 Å². The standard InChI is InChI=1S/C26H28ClN3O4/c1-15(2)24(18-5-7-22-21(9-18)25(27)29-28-22)34-20-6-4-17-8-16(14-33-23(17)10-20)11-30-12-19(13-30)26(31)32-3/h4-10,15,19,24H,11-14H2,1-3H3,(H,28,29). The molecule has 2 aliphatic heterocycles. The number of nitrogens with zero attached hydrogens (tertiary/aromatic N) is 2. The lowest BCUT2D eigenvalue weighted by molar-refractivity contribution is -0.151. The van der Waals surface area contributed by atoms with Crippen LogP contribution in [0.2, 0.25) is 5.15 Å². The summed E-state index contributed by atoms with van der Waals surface area (Å²) in [5.74, 6) is 1.68. The van der Waals surface area contributed by atoms with E-state index in [1.165, 1.54) is 12.7 Å². The van der Waals surface area contributed by atoms with E-state index in [0.717, 1.165) is 53.2 Å². The Morgan fingerprint density at radius 3 is 2.85 bits per heavy atom. The van der Waals surface area contributed by atoms with Gasteiger partial charge < -0.3 is 14.2 Å². The lowest BCUT2D eigenvalue weighted by atomic mass is 9.97. The van der Waals surface area contributed by atoms with Gasteiger partial charge in [-0.3, -0.25) is 14.8 Å². The molecule has 2 aromatic carbocycles. The molecule has 0 amide bonds. The number of ether oxygens (including phenoxy) is 3. The SMILES string of the molecule is COC(=O)C1CN(CC2=Cc3ccc(OC(c4ccc5n[nH]c(Cl)c5c4)C(C)C)cc3OC2)C1. The van der Waals surface area contributed by atoms with Gasteiger partial charge >= 0.3 is 5.97 Å². The topological polar surface area (TPSA) is 76.7 Å². The highest BCUT2D eigenvalue weighted by Gasteiger charge is 2.33. The fraction of sp³-hybridized carbons (Fsp3) is 0.385. The number of H-pyrrole nitrogens is 1. The fourth-order valence-electron chi connectivity index (χ4n) is 4.57. The van der Waals surface area contributed by atoms with Gasteiger partial charge in [-0.2, -0.15) is 5.10 Å². The summed E-state index contributed by atoms with van der Waals surface area (Å²) in [6, 6.07) is 12.0. The molecule has 0 radical (unpaired) electrons. The van der Waals surface area contributed by atoms with Gasteiger partial charge in [0.15, 0.2) is 0 Å². The lowest BCUT2D eigenvalue weighted by Gasteiger charge is -2.38. The summed E-state index contributed by atoms with van der Waals surface area (Å²) in [6.07, 6.45) is 2.03. The number of aromatic amines is 1. The van der Waals surface area contributed by atoms with Gasteiger partial charge in [-0.15, -0.1) is 0 Å². The van der Waals surface area contributed by atoms with Crippen LogP contribution in [0.1, 0.15) is 31.1 Å². The molecule has 0 spiro atoms. The van der Waals surface area contributed by atoms with Crippen molar-refractivity contribution in [1.82, 2.24) is 15.1 Å². The molecule has 1 N–H and O–H groups in total. The minimum atomic E-state index is -0.141. The zero-order valence-corrected chi connectivity index (χ0v) is 20.3. The van der Waals surface area contributed by atoms with E-state index in [2.05, 4.69) is 35.0 Å². The van der Waals surface area contributed by atoms with E-state index in [-0.39, 0.29) is 23.9 Å². The molecule has 34 heavy (non-hydrogen) atoms. The van der Waals surface area contributed by atoms with Crippen molar-refractivity contribution in [2.24, 2.45) is 11.8 Å². The zero-order chi connectivity index (χ0) is 23.8. The fourth-order valence-corrected chi connectivity index (χ4v) is 4.76. The van der Waals surface area contributed by atoms with Crippen LogP contribution in [0.3, 0.4) is 0 Å². The number of aromatic nitrogens is 2. The first-order valence-corrected chi connectivity index (χ1v) is 11.9. The average Bonchev–Trinajstić information content (AvgIpc) is 3.18. The maximum atomic E-state index is 11.6. The van der Waals surface area contributed by atoms with E-state index in [9.17, 15) is 4.79 Å². The Bertz CT molecular complexity index is 1250. The number of rotatable bonds is 7. The van der Waals surface area contributed by atoms with Crippen molar-refractivity contribution < 1.29 is 19.0 Å². The van der Waals surface area contributed by atoms with Crippen LogP contribution >= 0.6 is 11.6 Å². The van der Waals surface area contributed by atoms with Crippen LogP contribution in [0.25, 0.3) is 17.0 Å². The highest BCUT2D eigenvalue weighted by molar-refractivity contribution is 6.34. The number of methoxy groups -OCH3 is 1. The Morgan fingerprint density at radius 1 is 1.26 bits per heavy atom. The third-order valence-electron chi connectivity index (χ3n) is 6.40. The number of halogens is 1. The number of benzene rings is 2. The number of esters is 1. The van der Waals surface area contributed by atoms with Crippen LogP contribution in [-0.4, -0.2) is 54.4 Å². The van der Waals surface area contributed by atoms with Crippen molar-refractivity contribution in [1.29, 1.82) is 0 Å². The summed E-state index contributed by atoms with van der Waals surface area (Å²) < 4.78 is 17.3. The normalized spacial score (nSPS) is 17.0. The molecule has 3 heterocycles. The van der Waals surface area contributed by atoms with Gasteiger partial charge in [0.1, 0.15) is 29.4 Å². The first-order chi connectivity index (χ1) is 16.4. The highest BCUT2D eigenvalue weighted by Crippen LogP contribution is 2.36. The number of hydrogen-bond donors (Lipinski definition) is 1. The minimum Gasteiger partial charge on any atom is -0.488 e. The van der Waals surface area contributed by atoms with Gasteiger partial charge in [0.05, 0.1) is 18.5 Å². The van der Waals surface area contributed by atoms with Crippen molar-refractivity contribution in [2.75, 3.05) is 33.4 Å². The predicted molar refractivity (Wildman–Crippen MR) is 131 cm³/mol. The van der Waals surface area contributed by atoms with Gasteiger partial charge in [0.25, 0.3) is 0 Å². The smallest absolute Gasteiger partial charge is 0.311 e. The molecule has 0 bridgehead atoms. The Kier molecular flexibility index (Phi) is 6.23. The number of nitrogens with one attached hydrogen (secondary N) is 1. The summed E-state index contributed by atoms with van der Waals surface area (Å²) in [6.45, 7) is 7.05. The van der Waals surface area contributed by atoms with E-state index in [1.807, 2.05) is 36.4 Å². The molecule has 0 saturated carbocycles. The van der Waals surface area contributed by atoms with Gasteiger partial charge in [0.2, 0.25) is 0 Å². The number of likely N-dealkylation sites (tertiary alicyclic amines) is 1. The summed E-state index contributed by atoms with van der Waals surface area (Å²) in [4.78, 5) is 13.8. The number of carbonyl (C=O) groups is 1. The molecule has 178 valence electrons. The molecule has 1 aromatic heterocycles. The van der Waals surface area contributed by atoms with Crippen LogP contribution in [-0.2, 0) is 9.53 Å². The monoisotopic (exact) mass is 481 g/mol. The van der Waals surface area contributed by atoms with Crippen molar-refractivity contribution in [3.8, 4) is 11.5 Å². The van der Waals surface area contributed by atoms with E-state index in [4.69, 9.17) is 25.8 Å². The van der Waals surface area contributed by atoms with Crippen LogP contribution in [0.15, 0.2) is 42.0 Å². The van der Waals surface area contributed by atoms with E-state index < -0.39 is 0 Å². The van der Waals surface area contributed by atoms with Gasteiger partial charge in [-0.05, 0) is 47.4 Å². The van der Waals surface area contributed by atoms with Gasteiger partial charge in [-0.1, -0.05) is 31.5 Å². The van der Waals surface area contributed by atoms with E-state index >= 15 is 0 Å². The lowest BCUT2D eigenvalue weighted by Crippen LogP contribution is -2.51. The third kappa shape index (κ3) is 4.50. The Morgan fingerprint density at radius 2 is 2.09 bits per heavy atom. The summed E-state index contributed by atoms with van der Waals surface area (Å²) >= 11 is 6.25. The zero-order valence-electron chi connectivity index (χ0n) is 19.5. The molecule has 2 aliphatic rings. The average molecular weight is 482 g/mol. The quantitative estimate of drug-likeness (QED) is 0.485. The van der Waals surface area contributed by atoms with E-state index in [1.54, 1.807) is 0 Å². The molecule has 1 saturated heterocycles. The second-order valence-corrected chi connectivity index (χ2v) is 9.68. The summed E-state index contributed by atoms with van der Waals surface area (Å²) in [7, 11) is 1.44.